The minimum Gasteiger partial charge on any atom is -0.314 e. The van der Waals surface area contributed by atoms with Crippen LogP contribution in [0.1, 0.15) is 30.5 Å². The molecule has 1 N–H and O–H groups in total. The van der Waals surface area contributed by atoms with Crippen LogP contribution in [0.15, 0.2) is 36.7 Å². The number of nitrogens with zero attached hydrogens (tertiary/aromatic N) is 3. The summed E-state index contributed by atoms with van der Waals surface area (Å²) in [6.07, 6.45) is 5.26. The smallest absolute Gasteiger partial charge is 0.0534 e. The van der Waals surface area contributed by atoms with E-state index in [4.69, 9.17) is 11.6 Å². The Labute approximate surface area is 149 Å². The second kappa shape index (κ2) is 8.69. The molecular formula is C17H24Cl2N4. The van der Waals surface area contributed by atoms with Crippen molar-refractivity contribution in [2.45, 2.75) is 32.5 Å². The van der Waals surface area contributed by atoms with Gasteiger partial charge >= 0.3 is 0 Å². The van der Waals surface area contributed by atoms with Crippen molar-refractivity contribution in [3.8, 4) is 0 Å². The first-order valence-corrected chi connectivity index (χ1v) is 8.36. The summed E-state index contributed by atoms with van der Waals surface area (Å²) in [5.74, 6) is 0. The molecule has 2 heterocycles. The Morgan fingerprint density at radius 3 is 2.96 bits per heavy atom. The Balaban J connectivity index is 0.00000192. The molecule has 1 atom stereocenters. The molecule has 4 nitrogen and oxygen atoms in total. The summed E-state index contributed by atoms with van der Waals surface area (Å²) in [4.78, 5) is 2.49. The topological polar surface area (TPSA) is 33.1 Å². The molecule has 1 aromatic carbocycles. The number of piperazine rings is 1. The van der Waals surface area contributed by atoms with Crippen LogP contribution < -0.4 is 5.32 Å². The van der Waals surface area contributed by atoms with Gasteiger partial charge in [-0.3, -0.25) is 9.58 Å². The summed E-state index contributed by atoms with van der Waals surface area (Å²) in [5, 5.41) is 8.77. The number of aryl methyl sites for hydroxylation is 1. The van der Waals surface area contributed by atoms with Crippen molar-refractivity contribution in [1.29, 1.82) is 0 Å². The third-order valence-corrected chi connectivity index (χ3v) is 4.49. The molecule has 1 aliphatic rings. The number of hydrogen-bond acceptors (Lipinski definition) is 3. The zero-order valence-electron chi connectivity index (χ0n) is 13.4. The number of rotatable bonds is 5. The van der Waals surface area contributed by atoms with Gasteiger partial charge in [-0.25, -0.2) is 0 Å². The van der Waals surface area contributed by atoms with E-state index in [0.717, 1.165) is 44.2 Å². The highest BCUT2D eigenvalue weighted by Gasteiger charge is 2.25. The normalized spacial score (nSPS) is 18.6. The lowest BCUT2D eigenvalue weighted by molar-refractivity contribution is 0.154. The van der Waals surface area contributed by atoms with Crippen LogP contribution in [0.5, 0.6) is 0 Å². The number of hydrogen-bond donors (Lipinski definition) is 1. The molecule has 23 heavy (non-hydrogen) atoms. The number of aromatic nitrogens is 2. The quantitative estimate of drug-likeness (QED) is 0.891. The van der Waals surface area contributed by atoms with Crippen molar-refractivity contribution in [3.05, 3.63) is 52.8 Å². The minimum atomic E-state index is 0. The van der Waals surface area contributed by atoms with Gasteiger partial charge in [-0.2, -0.15) is 5.10 Å². The summed E-state index contributed by atoms with van der Waals surface area (Å²) in [6.45, 7) is 7.05. The van der Waals surface area contributed by atoms with Crippen LogP contribution in [0, 0.1) is 0 Å². The Kier molecular flexibility index (Phi) is 6.90. The first-order valence-electron chi connectivity index (χ1n) is 7.98. The van der Waals surface area contributed by atoms with Gasteiger partial charge in [0.25, 0.3) is 0 Å². The summed E-state index contributed by atoms with van der Waals surface area (Å²) >= 11 is 6.40. The predicted octanol–water partition coefficient (Wildman–Crippen LogP) is 3.51. The van der Waals surface area contributed by atoms with Crippen LogP contribution in [-0.4, -0.2) is 34.3 Å². The van der Waals surface area contributed by atoms with Crippen LogP contribution in [0.25, 0.3) is 0 Å². The molecular weight excluding hydrogens is 331 g/mol. The van der Waals surface area contributed by atoms with Gasteiger partial charge in [0.15, 0.2) is 0 Å². The zero-order valence-corrected chi connectivity index (χ0v) is 15.0. The minimum absolute atomic E-state index is 0. The molecule has 126 valence electrons. The summed E-state index contributed by atoms with van der Waals surface area (Å²) < 4.78 is 2.03. The van der Waals surface area contributed by atoms with Crippen molar-refractivity contribution < 1.29 is 0 Å². The van der Waals surface area contributed by atoms with Gasteiger partial charge in [-0.15, -0.1) is 12.4 Å². The second-order valence-corrected chi connectivity index (χ2v) is 6.23. The molecule has 1 saturated heterocycles. The lowest BCUT2D eigenvalue weighted by atomic mass is 10.0. The average Bonchev–Trinajstić information content (AvgIpc) is 2.96. The van der Waals surface area contributed by atoms with E-state index in [1.807, 2.05) is 23.0 Å². The second-order valence-electron chi connectivity index (χ2n) is 5.82. The van der Waals surface area contributed by atoms with Crippen LogP contribution in [0.4, 0.5) is 0 Å². The summed E-state index contributed by atoms with van der Waals surface area (Å²) in [6, 6.07) is 8.47. The Morgan fingerprint density at radius 1 is 1.35 bits per heavy atom. The lowest BCUT2D eigenvalue weighted by Crippen LogP contribution is -2.45. The van der Waals surface area contributed by atoms with Gasteiger partial charge in [-0.05, 0) is 18.1 Å². The van der Waals surface area contributed by atoms with E-state index in [0.29, 0.717) is 6.04 Å². The highest BCUT2D eigenvalue weighted by Crippen LogP contribution is 2.29. The summed E-state index contributed by atoms with van der Waals surface area (Å²) in [7, 11) is 0. The van der Waals surface area contributed by atoms with E-state index in [1.165, 1.54) is 11.1 Å². The van der Waals surface area contributed by atoms with E-state index >= 15 is 0 Å². The maximum absolute atomic E-state index is 6.40. The largest absolute Gasteiger partial charge is 0.314 e. The van der Waals surface area contributed by atoms with Gasteiger partial charge in [0, 0.05) is 55.5 Å². The molecule has 1 unspecified atom stereocenters. The monoisotopic (exact) mass is 354 g/mol. The molecule has 0 saturated carbocycles. The van der Waals surface area contributed by atoms with Crippen LogP contribution in [0.3, 0.4) is 0 Å². The fraction of sp³-hybridized carbons (Fsp3) is 0.471. The van der Waals surface area contributed by atoms with Crippen molar-refractivity contribution in [3.63, 3.8) is 0 Å². The SMILES string of the molecule is CCCn1cc(CN2CCNCC2c2ccccc2Cl)cn1.Cl. The fourth-order valence-corrected chi connectivity index (χ4v) is 3.32. The van der Waals surface area contributed by atoms with Crippen molar-refractivity contribution in [1.82, 2.24) is 20.0 Å². The van der Waals surface area contributed by atoms with Crippen LogP contribution in [-0.2, 0) is 13.1 Å². The Bertz CT molecular complexity index is 614. The van der Waals surface area contributed by atoms with Crippen molar-refractivity contribution in [2.24, 2.45) is 0 Å². The molecule has 6 heteroatoms. The van der Waals surface area contributed by atoms with Gasteiger partial charge < -0.3 is 5.32 Å². The fourth-order valence-electron chi connectivity index (χ4n) is 3.06. The van der Waals surface area contributed by atoms with Gasteiger partial charge in [0.2, 0.25) is 0 Å². The molecule has 0 aliphatic carbocycles. The highest BCUT2D eigenvalue weighted by molar-refractivity contribution is 6.31. The third-order valence-electron chi connectivity index (χ3n) is 4.14. The molecule has 1 aliphatic heterocycles. The molecule has 0 radical (unpaired) electrons. The molecule has 0 spiro atoms. The van der Waals surface area contributed by atoms with E-state index in [-0.39, 0.29) is 12.4 Å². The van der Waals surface area contributed by atoms with Crippen LogP contribution >= 0.6 is 24.0 Å². The standard InChI is InChI=1S/C17H23ClN4.ClH/c1-2-8-22-13-14(10-20-22)12-21-9-7-19-11-17(21)15-5-3-4-6-16(15)18;/h3-6,10,13,17,19H,2,7-9,11-12H2,1H3;1H. The zero-order chi connectivity index (χ0) is 15.4. The third kappa shape index (κ3) is 4.48. The van der Waals surface area contributed by atoms with Gasteiger partial charge in [0.1, 0.15) is 0 Å². The molecule has 0 amide bonds. The Morgan fingerprint density at radius 2 is 2.17 bits per heavy atom. The van der Waals surface area contributed by atoms with E-state index in [9.17, 15) is 0 Å². The summed E-state index contributed by atoms with van der Waals surface area (Å²) in [5.41, 5.74) is 2.48. The Hall–Kier alpha value is -1.07. The number of nitrogens with one attached hydrogen (secondary N) is 1. The van der Waals surface area contributed by atoms with E-state index in [1.54, 1.807) is 0 Å². The number of halogens is 2. The molecule has 3 rings (SSSR count). The van der Waals surface area contributed by atoms with E-state index in [2.05, 4.69) is 40.6 Å². The lowest BCUT2D eigenvalue weighted by Gasteiger charge is -2.36. The molecule has 2 aromatic rings. The van der Waals surface area contributed by atoms with E-state index < -0.39 is 0 Å². The first-order chi connectivity index (χ1) is 10.8. The number of benzene rings is 1. The van der Waals surface area contributed by atoms with Crippen molar-refractivity contribution >= 4 is 24.0 Å². The van der Waals surface area contributed by atoms with Gasteiger partial charge in [0.05, 0.1) is 6.20 Å². The highest BCUT2D eigenvalue weighted by atomic mass is 35.5. The maximum Gasteiger partial charge on any atom is 0.0534 e. The molecule has 0 bridgehead atoms. The van der Waals surface area contributed by atoms with Crippen LogP contribution in [0.2, 0.25) is 5.02 Å². The van der Waals surface area contributed by atoms with Gasteiger partial charge in [-0.1, -0.05) is 36.7 Å². The predicted molar refractivity (Wildman–Crippen MR) is 97.2 cm³/mol. The average molecular weight is 355 g/mol. The van der Waals surface area contributed by atoms with Crippen molar-refractivity contribution in [2.75, 3.05) is 19.6 Å². The first kappa shape index (κ1) is 18.3. The molecule has 1 fully saturated rings. The maximum atomic E-state index is 6.40. The molecule has 1 aromatic heterocycles.